The third kappa shape index (κ3) is 1.08. The molecule has 0 amide bonds. The fraction of sp³-hybridized carbons (Fsp3) is 0.875. The molecular formula is C8H12O3. The lowest BCUT2D eigenvalue weighted by molar-refractivity contribution is -0.159. The van der Waals surface area contributed by atoms with Crippen LogP contribution in [0.3, 0.4) is 0 Å². The number of Topliss-reactive ketones (excluding diaryl/α,β-unsaturated/α-hetero) is 1. The lowest BCUT2D eigenvalue weighted by Gasteiger charge is -2.17. The fourth-order valence-corrected chi connectivity index (χ4v) is 1.75. The summed E-state index contributed by atoms with van der Waals surface area (Å²) in [6.45, 7) is 3.69. The second kappa shape index (κ2) is 2.05. The van der Waals surface area contributed by atoms with Crippen LogP contribution in [0.1, 0.15) is 26.7 Å². The van der Waals surface area contributed by atoms with Gasteiger partial charge in [0.1, 0.15) is 6.10 Å². The zero-order valence-electron chi connectivity index (χ0n) is 6.79. The molecule has 1 saturated heterocycles. The predicted octanol–water partition coefficient (Wildman–Crippen LogP) is 0.869. The van der Waals surface area contributed by atoms with E-state index < -0.39 is 5.79 Å². The van der Waals surface area contributed by atoms with Gasteiger partial charge in [-0.05, 0) is 20.3 Å². The van der Waals surface area contributed by atoms with Crippen molar-refractivity contribution in [1.82, 2.24) is 0 Å². The highest BCUT2D eigenvalue weighted by Gasteiger charge is 2.48. The van der Waals surface area contributed by atoms with Crippen molar-refractivity contribution in [2.24, 2.45) is 0 Å². The molecule has 0 spiro atoms. The second-order valence-corrected chi connectivity index (χ2v) is 3.60. The van der Waals surface area contributed by atoms with Crippen LogP contribution in [0.4, 0.5) is 0 Å². The standard InChI is InChI=1S/C8H12O3/c1-8(2)10-6-4-3-5(9)7(6)11-8/h6-7H,3-4H2,1-2H3. The highest BCUT2D eigenvalue weighted by Crippen LogP contribution is 2.35. The number of rotatable bonds is 0. The van der Waals surface area contributed by atoms with Gasteiger partial charge in [0.15, 0.2) is 11.6 Å². The van der Waals surface area contributed by atoms with Crippen LogP contribution in [0.25, 0.3) is 0 Å². The lowest BCUT2D eigenvalue weighted by atomic mass is 10.3. The summed E-state index contributed by atoms with van der Waals surface area (Å²) < 4.78 is 10.9. The van der Waals surface area contributed by atoms with Crippen LogP contribution >= 0.6 is 0 Å². The van der Waals surface area contributed by atoms with Crippen molar-refractivity contribution >= 4 is 5.78 Å². The van der Waals surface area contributed by atoms with Crippen LogP contribution in [0, 0.1) is 0 Å². The van der Waals surface area contributed by atoms with Gasteiger partial charge < -0.3 is 9.47 Å². The summed E-state index contributed by atoms with van der Waals surface area (Å²) in [5, 5.41) is 0. The Balaban J connectivity index is 2.16. The molecule has 3 heteroatoms. The van der Waals surface area contributed by atoms with Crippen molar-refractivity contribution < 1.29 is 14.3 Å². The zero-order valence-corrected chi connectivity index (χ0v) is 6.79. The van der Waals surface area contributed by atoms with Crippen molar-refractivity contribution in [3.8, 4) is 0 Å². The SMILES string of the molecule is CC1(C)OC2CCC(=O)C2O1. The van der Waals surface area contributed by atoms with E-state index in [0.29, 0.717) is 6.42 Å². The lowest BCUT2D eigenvalue weighted by Crippen LogP contribution is -2.24. The Morgan fingerprint density at radius 2 is 2.18 bits per heavy atom. The Hall–Kier alpha value is -0.410. The summed E-state index contributed by atoms with van der Waals surface area (Å²) in [5.41, 5.74) is 0. The summed E-state index contributed by atoms with van der Waals surface area (Å²) in [4.78, 5) is 11.1. The molecule has 2 fully saturated rings. The first-order chi connectivity index (χ1) is 5.08. The Morgan fingerprint density at radius 3 is 2.82 bits per heavy atom. The van der Waals surface area contributed by atoms with E-state index in [4.69, 9.17) is 9.47 Å². The third-order valence-corrected chi connectivity index (χ3v) is 2.18. The van der Waals surface area contributed by atoms with E-state index in [1.54, 1.807) is 0 Å². The largest absolute Gasteiger partial charge is 0.344 e. The Kier molecular flexibility index (Phi) is 1.35. The minimum absolute atomic E-state index is 0.0255. The molecule has 0 N–H and O–H groups in total. The van der Waals surface area contributed by atoms with Gasteiger partial charge in [-0.1, -0.05) is 0 Å². The summed E-state index contributed by atoms with van der Waals surface area (Å²) in [7, 11) is 0. The number of hydrogen-bond donors (Lipinski definition) is 0. The molecule has 2 atom stereocenters. The maximum Gasteiger partial charge on any atom is 0.164 e. The van der Waals surface area contributed by atoms with E-state index in [1.165, 1.54) is 0 Å². The quantitative estimate of drug-likeness (QED) is 0.522. The third-order valence-electron chi connectivity index (χ3n) is 2.18. The monoisotopic (exact) mass is 156 g/mol. The molecule has 0 radical (unpaired) electrons. The summed E-state index contributed by atoms with van der Waals surface area (Å²) in [6.07, 6.45) is 1.20. The highest BCUT2D eigenvalue weighted by molar-refractivity contribution is 5.86. The molecule has 2 aliphatic rings. The van der Waals surface area contributed by atoms with Crippen molar-refractivity contribution in [1.29, 1.82) is 0 Å². The minimum atomic E-state index is -0.550. The number of ether oxygens (including phenoxy) is 2. The van der Waals surface area contributed by atoms with Crippen LogP contribution in [0.5, 0.6) is 0 Å². The Bertz CT molecular complexity index is 198. The zero-order chi connectivity index (χ0) is 8.06. The molecule has 1 heterocycles. The van der Waals surface area contributed by atoms with Crippen molar-refractivity contribution in [2.45, 2.75) is 44.7 Å². The molecule has 1 aliphatic carbocycles. The molecule has 0 aromatic heterocycles. The van der Waals surface area contributed by atoms with E-state index in [1.807, 2.05) is 13.8 Å². The molecule has 62 valence electrons. The van der Waals surface area contributed by atoms with E-state index in [-0.39, 0.29) is 18.0 Å². The maximum absolute atomic E-state index is 11.1. The molecule has 2 rings (SSSR count). The molecular weight excluding hydrogens is 144 g/mol. The number of ketones is 1. The predicted molar refractivity (Wildman–Crippen MR) is 38.1 cm³/mol. The van der Waals surface area contributed by atoms with Gasteiger partial charge in [-0.15, -0.1) is 0 Å². The topological polar surface area (TPSA) is 35.5 Å². The number of hydrogen-bond acceptors (Lipinski definition) is 3. The van der Waals surface area contributed by atoms with Gasteiger partial charge >= 0.3 is 0 Å². The summed E-state index contributed by atoms with van der Waals surface area (Å²) in [6, 6.07) is 0. The fourth-order valence-electron chi connectivity index (χ4n) is 1.75. The molecule has 0 bridgehead atoms. The van der Waals surface area contributed by atoms with Crippen LogP contribution in [0.2, 0.25) is 0 Å². The molecule has 2 unspecified atom stereocenters. The number of carbonyl (C=O) groups is 1. The molecule has 1 saturated carbocycles. The van der Waals surface area contributed by atoms with Gasteiger partial charge in [-0.25, -0.2) is 0 Å². The minimum Gasteiger partial charge on any atom is -0.344 e. The Morgan fingerprint density at radius 1 is 1.45 bits per heavy atom. The van der Waals surface area contributed by atoms with Crippen molar-refractivity contribution in [3.63, 3.8) is 0 Å². The number of carbonyl (C=O) groups excluding carboxylic acids is 1. The average Bonchev–Trinajstić information content (AvgIpc) is 2.31. The Labute approximate surface area is 65.7 Å². The maximum atomic E-state index is 11.1. The van der Waals surface area contributed by atoms with Crippen LogP contribution in [-0.4, -0.2) is 23.8 Å². The summed E-state index contributed by atoms with van der Waals surface area (Å²) >= 11 is 0. The first-order valence-electron chi connectivity index (χ1n) is 3.97. The smallest absolute Gasteiger partial charge is 0.164 e. The molecule has 3 nitrogen and oxygen atoms in total. The molecule has 1 aliphatic heterocycles. The van der Waals surface area contributed by atoms with Crippen molar-refractivity contribution in [2.75, 3.05) is 0 Å². The van der Waals surface area contributed by atoms with E-state index >= 15 is 0 Å². The normalized spacial score (nSPS) is 41.1. The van der Waals surface area contributed by atoms with Crippen molar-refractivity contribution in [3.05, 3.63) is 0 Å². The molecule has 0 aromatic carbocycles. The molecule has 11 heavy (non-hydrogen) atoms. The van der Waals surface area contributed by atoms with E-state index in [2.05, 4.69) is 0 Å². The second-order valence-electron chi connectivity index (χ2n) is 3.60. The number of fused-ring (bicyclic) bond motifs is 1. The van der Waals surface area contributed by atoms with Gasteiger partial charge in [0.25, 0.3) is 0 Å². The summed E-state index contributed by atoms with van der Waals surface area (Å²) in [5.74, 6) is -0.355. The van der Waals surface area contributed by atoms with E-state index in [9.17, 15) is 4.79 Å². The van der Waals surface area contributed by atoms with Crippen LogP contribution in [0.15, 0.2) is 0 Å². The highest BCUT2D eigenvalue weighted by atomic mass is 16.8. The first kappa shape index (κ1) is 7.25. The molecule has 0 aromatic rings. The van der Waals surface area contributed by atoms with Gasteiger partial charge in [0.2, 0.25) is 0 Å². The van der Waals surface area contributed by atoms with Crippen LogP contribution < -0.4 is 0 Å². The van der Waals surface area contributed by atoms with Gasteiger partial charge in [0, 0.05) is 6.42 Å². The van der Waals surface area contributed by atoms with E-state index in [0.717, 1.165) is 6.42 Å². The van der Waals surface area contributed by atoms with Gasteiger partial charge in [0.05, 0.1) is 6.10 Å². The average molecular weight is 156 g/mol. The van der Waals surface area contributed by atoms with Gasteiger partial charge in [-0.3, -0.25) is 4.79 Å². The van der Waals surface area contributed by atoms with Crippen LogP contribution in [-0.2, 0) is 14.3 Å². The van der Waals surface area contributed by atoms with Gasteiger partial charge in [-0.2, -0.15) is 0 Å². The first-order valence-corrected chi connectivity index (χ1v) is 3.97.